The molecule has 0 radical (unpaired) electrons. The average Bonchev–Trinajstić information content (AvgIpc) is 2.78. The second-order valence-electron chi connectivity index (χ2n) is 8.57. The van der Waals surface area contributed by atoms with Gasteiger partial charge in [0, 0.05) is 44.1 Å². The first-order valence-corrected chi connectivity index (χ1v) is 11.2. The van der Waals surface area contributed by atoms with Gasteiger partial charge in [-0.3, -0.25) is 4.79 Å². The number of rotatable bonds is 6. The van der Waals surface area contributed by atoms with Gasteiger partial charge in [-0.25, -0.2) is 4.98 Å². The molecule has 1 atom stereocenters. The Hall–Kier alpha value is -2.60. The number of pyridine rings is 1. The van der Waals surface area contributed by atoms with Gasteiger partial charge in [-0.1, -0.05) is 24.3 Å². The number of benzene rings is 1. The summed E-state index contributed by atoms with van der Waals surface area (Å²) in [5.74, 6) is 1.73. The van der Waals surface area contributed by atoms with Crippen molar-refractivity contribution in [3.8, 4) is 11.6 Å². The number of aryl methyl sites for hydroxylation is 2. The number of piperidine rings is 1. The molecular formula is C25H32N2O4. The van der Waals surface area contributed by atoms with E-state index in [1.165, 1.54) is 0 Å². The van der Waals surface area contributed by atoms with Crippen LogP contribution in [0.2, 0.25) is 0 Å². The Morgan fingerprint density at radius 1 is 1.19 bits per heavy atom. The second-order valence-corrected chi connectivity index (χ2v) is 8.57. The Labute approximate surface area is 184 Å². The fraction of sp³-hybridized carbons (Fsp3) is 0.520. The van der Waals surface area contributed by atoms with Crippen LogP contribution in [0.1, 0.15) is 43.4 Å². The average molecular weight is 425 g/mol. The first kappa shape index (κ1) is 21.6. The van der Waals surface area contributed by atoms with Gasteiger partial charge in [0.2, 0.25) is 11.8 Å². The summed E-state index contributed by atoms with van der Waals surface area (Å²) in [5.41, 5.74) is 1.85. The summed E-state index contributed by atoms with van der Waals surface area (Å²) in [7, 11) is 1.67. The van der Waals surface area contributed by atoms with Crippen molar-refractivity contribution in [2.45, 2.75) is 57.2 Å². The molecule has 6 heteroatoms. The van der Waals surface area contributed by atoms with Crippen molar-refractivity contribution >= 4 is 5.91 Å². The van der Waals surface area contributed by atoms with Crippen LogP contribution in [0.3, 0.4) is 0 Å². The standard InChI is InChI=1S/C25H32N2O4/c1-19-6-5-9-23(26-19)31-21-12-17-30-25(18-21)13-15-27(16-14-25)24(28)11-10-20-7-3-4-8-22(20)29-2/h3-9,21H,10-18H2,1-2H3. The van der Waals surface area contributed by atoms with E-state index < -0.39 is 0 Å². The molecule has 1 spiro atoms. The molecule has 1 aromatic carbocycles. The van der Waals surface area contributed by atoms with Gasteiger partial charge in [0.15, 0.2) is 0 Å². The lowest BCUT2D eigenvalue weighted by Gasteiger charge is -2.46. The molecule has 0 aliphatic carbocycles. The van der Waals surface area contributed by atoms with Gasteiger partial charge in [0.05, 0.1) is 19.3 Å². The highest BCUT2D eigenvalue weighted by atomic mass is 16.5. The monoisotopic (exact) mass is 424 g/mol. The third-order valence-corrected chi connectivity index (χ3v) is 6.43. The van der Waals surface area contributed by atoms with Gasteiger partial charge < -0.3 is 19.1 Å². The number of carbonyl (C=O) groups is 1. The zero-order valence-electron chi connectivity index (χ0n) is 18.5. The van der Waals surface area contributed by atoms with E-state index in [4.69, 9.17) is 14.2 Å². The molecule has 6 nitrogen and oxygen atoms in total. The van der Waals surface area contributed by atoms with Crippen molar-refractivity contribution < 1.29 is 19.0 Å². The highest BCUT2D eigenvalue weighted by Crippen LogP contribution is 2.36. The van der Waals surface area contributed by atoms with Gasteiger partial charge in [-0.05, 0) is 43.9 Å². The second kappa shape index (κ2) is 9.69. The van der Waals surface area contributed by atoms with Crippen LogP contribution in [-0.2, 0) is 16.0 Å². The maximum atomic E-state index is 12.8. The normalized spacial score (nSPS) is 20.5. The first-order valence-electron chi connectivity index (χ1n) is 11.2. The summed E-state index contributed by atoms with van der Waals surface area (Å²) >= 11 is 0. The number of methoxy groups -OCH3 is 1. The van der Waals surface area contributed by atoms with Crippen molar-refractivity contribution in [3.63, 3.8) is 0 Å². The van der Waals surface area contributed by atoms with Crippen LogP contribution >= 0.6 is 0 Å². The maximum Gasteiger partial charge on any atom is 0.222 e. The van der Waals surface area contributed by atoms with Gasteiger partial charge in [0.25, 0.3) is 0 Å². The Kier molecular flexibility index (Phi) is 6.76. The van der Waals surface area contributed by atoms with Crippen molar-refractivity contribution in [3.05, 3.63) is 53.7 Å². The van der Waals surface area contributed by atoms with E-state index in [0.717, 1.165) is 55.8 Å². The highest BCUT2D eigenvalue weighted by molar-refractivity contribution is 5.76. The molecule has 31 heavy (non-hydrogen) atoms. The van der Waals surface area contributed by atoms with E-state index in [1.807, 2.05) is 54.3 Å². The van der Waals surface area contributed by atoms with Gasteiger partial charge in [-0.15, -0.1) is 0 Å². The zero-order valence-corrected chi connectivity index (χ0v) is 18.5. The zero-order chi connectivity index (χ0) is 21.7. The maximum absolute atomic E-state index is 12.8. The van der Waals surface area contributed by atoms with Crippen molar-refractivity contribution in [2.24, 2.45) is 0 Å². The largest absolute Gasteiger partial charge is 0.496 e. The summed E-state index contributed by atoms with van der Waals surface area (Å²) in [5, 5.41) is 0. The summed E-state index contributed by atoms with van der Waals surface area (Å²) in [6.07, 6.45) is 4.74. The smallest absolute Gasteiger partial charge is 0.222 e. The Bertz CT molecular complexity index is 893. The SMILES string of the molecule is COc1ccccc1CCC(=O)N1CCC2(CC1)CC(Oc1cccc(C)n1)CCO2. The Balaban J connectivity index is 1.28. The first-order chi connectivity index (χ1) is 15.1. The number of aromatic nitrogens is 1. The van der Waals surface area contributed by atoms with E-state index in [0.29, 0.717) is 25.3 Å². The molecular weight excluding hydrogens is 392 g/mol. The van der Waals surface area contributed by atoms with Gasteiger partial charge in [0.1, 0.15) is 11.9 Å². The van der Waals surface area contributed by atoms with E-state index in [-0.39, 0.29) is 17.6 Å². The summed E-state index contributed by atoms with van der Waals surface area (Å²) in [6, 6.07) is 13.8. The minimum Gasteiger partial charge on any atom is -0.496 e. The van der Waals surface area contributed by atoms with Crippen molar-refractivity contribution in [2.75, 3.05) is 26.8 Å². The molecule has 0 bridgehead atoms. The molecule has 1 unspecified atom stereocenters. The molecule has 0 N–H and O–H groups in total. The van der Waals surface area contributed by atoms with E-state index in [2.05, 4.69) is 4.98 Å². The molecule has 166 valence electrons. The number of nitrogens with zero attached hydrogens (tertiary/aromatic N) is 2. The van der Waals surface area contributed by atoms with Crippen LogP contribution in [0.15, 0.2) is 42.5 Å². The number of para-hydroxylation sites is 1. The summed E-state index contributed by atoms with van der Waals surface area (Å²) < 4.78 is 17.8. The minimum absolute atomic E-state index is 0.107. The molecule has 1 amide bonds. The summed E-state index contributed by atoms with van der Waals surface area (Å²) in [4.78, 5) is 19.2. The van der Waals surface area contributed by atoms with Crippen LogP contribution in [0.25, 0.3) is 0 Å². The quantitative estimate of drug-likeness (QED) is 0.703. The van der Waals surface area contributed by atoms with E-state index in [9.17, 15) is 4.79 Å². The Morgan fingerprint density at radius 3 is 2.77 bits per heavy atom. The number of amides is 1. The molecule has 3 heterocycles. The molecule has 2 aliphatic heterocycles. The van der Waals surface area contributed by atoms with Crippen LogP contribution < -0.4 is 9.47 Å². The molecule has 2 aromatic rings. The lowest BCUT2D eigenvalue weighted by molar-refractivity contribution is -0.151. The van der Waals surface area contributed by atoms with Crippen LogP contribution in [0.5, 0.6) is 11.6 Å². The Morgan fingerprint density at radius 2 is 2.00 bits per heavy atom. The van der Waals surface area contributed by atoms with Crippen LogP contribution in [0.4, 0.5) is 0 Å². The fourth-order valence-electron chi connectivity index (χ4n) is 4.66. The number of carbonyl (C=O) groups excluding carboxylic acids is 1. The third-order valence-electron chi connectivity index (χ3n) is 6.43. The van der Waals surface area contributed by atoms with Crippen LogP contribution in [0, 0.1) is 6.92 Å². The van der Waals surface area contributed by atoms with Crippen LogP contribution in [-0.4, -0.2) is 54.3 Å². The lowest BCUT2D eigenvalue weighted by atomic mass is 9.83. The number of likely N-dealkylation sites (tertiary alicyclic amines) is 1. The molecule has 2 fully saturated rings. The molecule has 2 aliphatic rings. The van der Waals surface area contributed by atoms with E-state index in [1.54, 1.807) is 7.11 Å². The predicted octanol–water partition coefficient (Wildman–Crippen LogP) is 3.95. The number of hydrogen-bond donors (Lipinski definition) is 0. The van der Waals surface area contributed by atoms with Crippen molar-refractivity contribution in [1.29, 1.82) is 0 Å². The lowest BCUT2D eigenvalue weighted by Crippen LogP contribution is -2.52. The van der Waals surface area contributed by atoms with Gasteiger partial charge >= 0.3 is 0 Å². The molecule has 2 saturated heterocycles. The van der Waals surface area contributed by atoms with Gasteiger partial charge in [-0.2, -0.15) is 0 Å². The molecule has 0 saturated carbocycles. The molecule has 4 rings (SSSR count). The topological polar surface area (TPSA) is 60.9 Å². The van der Waals surface area contributed by atoms with Crippen molar-refractivity contribution in [1.82, 2.24) is 9.88 Å². The number of hydrogen-bond acceptors (Lipinski definition) is 5. The highest BCUT2D eigenvalue weighted by Gasteiger charge is 2.42. The summed E-state index contributed by atoms with van der Waals surface area (Å²) in [6.45, 7) is 4.14. The predicted molar refractivity (Wildman–Crippen MR) is 118 cm³/mol. The number of ether oxygens (including phenoxy) is 3. The fourth-order valence-corrected chi connectivity index (χ4v) is 4.66. The third kappa shape index (κ3) is 5.37. The van der Waals surface area contributed by atoms with E-state index >= 15 is 0 Å². The molecule has 1 aromatic heterocycles. The minimum atomic E-state index is -0.188.